The largest absolute Gasteiger partial charge is 0.357 e. The second-order valence-corrected chi connectivity index (χ2v) is 6.31. The van der Waals surface area contributed by atoms with E-state index in [0.717, 1.165) is 44.5 Å². The summed E-state index contributed by atoms with van der Waals surface area (Å²) in [6.45, 7) is 7.19. The summed E-state index contributed by atoms with van der Waals surface area (Å²) in [6.07, 6.45) is 4.14. The quantitative estimate of drug-likeness (QED) is 0.863. The minimum Gasteiger partial charge on any atom is -0.357 e. The van der Waals surface area contributed by atoms with Gasteiger partial charge in [-0.05, 0) is 30.9 Å². The minimum absolute atomic E-state index is 0. The summed E-state index contributed by atoms with van der Waals surface area (Å²) in [5, 5.41) is 6.18. The van der Waals surface area contributed by atoms with Gasteiger partial charge in [0.1, 0.15) is 5.82 Å². The zero-order valence-corrected chi connectivity index (χ0v) is 15.1. The highest BCUT2D eigenvalue weighted by Gasteiger charge is 2.19. The zero-order valence-electron chi connectivity index (χ0n) is 13.5. The van der Waals surface area contributed by atoms with Crippen LogP contribution in [0.5, 0.6) is 0 Å². The summed E-state index contributed by atoms with van der Waals surface area (Å²) < 4.78 is 0. The van der Waals surface area contributed by atoms with E-state index in [1.54, 1.807) is 6.20 Å². The van der Waals surface area contributed by atoms with Crippen molar-refractivity contribution in [3.63, 3.8) is 0 Å². The van der Waals surface area contributed by atoms with Crippen molar-refractivity contribution in [1.29, 1.82) is 0 Å². The van der Waals surface area contributed by atoms with Gasteiger partial charge in [-0.1, -0.05) is 6.92 Å². The Hall–Kier alpha value is -1.04. The summed E-state index contributed by atoms with van der Waals surface area (Å²) in [6, 6.07) is 3.85. The van der Waals surface area contributed by atoms with Crippen LogP contribution in [0.4, 0.5) is 5.82 Å². The van der Waals surface area contributed by atoms with Crippen LogP contribution in [0.25, 0.3) is 0 Å². The van der Waals surface area contributed by atoms with Crippen LogP contribution in [-0.4, -0.2) is 43.6 Å². The van der Waals surface area contributed by atoms with Gasteiger partial charge in [-0.3, -0.25) is 4.79 Å². The minimum atomic E-state index is -0.0202. The van der Waals surface area contributed by atoms with Crippen LogP contribution in [0.2, 0.25) is 0 Å². The highest BCUT2D eigenvalue weighted by Crippen LogP contribution is 2.21. The van der Waals surface area contributed by atoms with Crippen molar-refractivity contribution < 1.29 is 4.79 Å². The van der Waals surface area contributed by atoms with E-state index in [1.807, 2.05) is 12.1 Å². The average molecular weight is 361 g/mol. The molecular weight excluding hydrogens is 335 g/mol. The van der Waals surface area contributed by atoms with E-state index in [1.165, 1.54) is 12.8 Å². The maximum atomic E-state index is 12.0. The number of aromatic nitrogens is 1. The van der Waals surface area contributed by atoms with E-state index < -0.39 is 0 Å². The smallest absolute Gasteiger partial charge is 0.252 e. The first kappa shape index (κ1) is 20.0. The molecule has 0 atom stereocenters. The van der Waals surface area contributed by atoms with E-state index in [9.17, 15) is 4.79 Å². The molecule has 2 aliphatic rings. The van der Waals surface area contributed by atoms with E-state index in [4.69, 9.17) is 0 Å². The van der Waals surface area contributed by atoms with E-state index in [2.05, 4.69) is 27.4 Å². The van der Waals surface area contributed by atoms with Gasteiger partial charge in [0.2, 0.25) is 0 Å². The summed E-state index contributed by atoms with van der Waals surface area (Å²) in [5.41, 5.74) is 0.649. The Morgan fingerprint density at radius 1 is 1.30 bits per heavy atom. The Bertz CT molecular complexity index is 485. The van der Waals surface area contributed by atoms with Gasteiger partial charge >= 0.3 is 0 Å². The molecule has 3 rings (SSSR count). The van der Waals surface area contributed by atoms with Crippen molar-refractivity contribution in [1.82, 2.24) is 15.6 Å². The Morgan fingerprint density at radius 3 is 2.52 bits per heavy atom. The van der Waals surface area contributed by atoms with Crippen molar-refractivity contribution in [3.8, 4) is 0 Å². The van der Waals surface area contributed by atoms with Crippen molar-refractivity contribution >= 4 is 36.5 Å². The van der Waals surface area contributed by atoms with Crippen molar-refractivity contribution in [2.24, 2.45) is 11.8 Å². The molecule has 0 unspecified atom stereocenters. The fourth-order valence-corrected chi connectivity index (χ4v) is 2.78. The number of carbonyl (C=O) groups excluding carboxylic acids is 1. The number of hydrogen-bond acceptors (Lipinski definition) is 4. The lowest BCUT2D eigenvalue weighted by molar-refractivity contribution is 0.0942. The summed E-state index contributed by atoms with van der Waals surface area (Å²) in [4.78, 5) is 18.8. The number of pyridine rings is 1. The molecule has 130 valence electrons. The first-order valence-electron chi connectivity index (χ1n) is 7.92. The number of rotatable bonds is 4. The molecular formula is C16H26Cl2N4O. The molecule has 0 bridgehead atoms. The van der Waals surface area contributed by atoms with Crippen molar-refractivity contribution in [3.05, 3.63) is 23.9 Å². The molecule has 0 saturated carbocycles. The van der Waals surface area contributed by atoms with E-state index >= 15 is 0 Å². The van der Waals surface area contributed by atoms with Gasteiger partial charge in [0.15, 0.2) is 0 Å². The molecule has 1 aromatic heterocycles. The third-order valence-electron chi connectivity index (χ3n) is 4.54. The third kappa shape index (κ3) is 5.23. The number of hydrogen-bond donors (Lipinski definition) is 2. The molecule has 3 heterocycles. The maximum absolute atomic E-state index is 12.0. The van der Waals surface area contributed by atoms with Gasteiger partial charge in [0.05, 0.1) is 5.56 Å². The normalized spacial score (nSPS) is 18.4. The van der Waals surface area contributed by atoms with Crippen LogP contribution in [0.15, 0.2) is 18.3 Å². The fourth-order valence-electron chi connectivity index (χ4n) is 2.78. The summed E-state index contributed by atoms with van der Waals surface area (Å²) in [5.74, 6) is 2.36. The lowest BCUT2D eigenvalue weighted by atomic mass is 9.99. The second kappa shape index (κ2) is 9.30. The molecule has 5 nitrogen and oxygen atoms in total. The molecule has 2 saturated heterocycles. The Kier molecular flexibility index (Phi) is 8.09. The highest BCUT2D eigenvalue weighted by atomic mass is 35.5. The van der Waals surface area contributed by atoms with E-state index in [-0.39, 0.29) is 30.7 Å². The number of nitrogens with one attached hydrogen (secondary N) is 2. The van der Waals surface area contributed by atoms with Crippen molar-refractivity contribution in [2.45, 2.75) is 19.8 Å². The molecule has 1 aromatic rings. The Balaban J connectivity index is 0.00000132. The van der Waals surface area contributed by atoms with Crippen LogP contribution in [-0.2, 0) is 0 Å². The molecule has 0 radical (unpaired) electrons. The number of piperidine rings is 1. The molecule has 0 spiro atoms. The Labute approximate surface area is 150 Å². The molecule has 7 heteroatoms. The second-order valence-electron chi connectivity index (χ2n) is 6.31. The van der Waals surface area contributed by atoms with Gasteiger partial charge in [0.25, 0.3) is 5.91 Å². The number of amides is 1. The van der Waals surface area contributed by atoms with Gasteiger partial charge in [-0.15, -0.1) is 24.8 Å². The maximum Gasteiger partial charge on any atom is 0.252 e. The predicted molar refractivity (Wildman–Crippen MR) is 98.0 cm³/mol. The van der Waals surface area contributed by atoms with Crippen LogP contribution in [0, 0.1) is 11.8 Å². The van der Waals surface area contributed by atoms with Gasteiger partial charge in [0, 0.05) is 44.8 Å². The predicted octanol–water partition coefficient (Wildman–Crippen LogP) is 2.11. The zero-order chi connectivity index (χ0) is 14.7. The van der Waals surface area contributed by atoms with Gasteiger partial charge < -0.3 is 15.5 Å². The van der Waals surface area contributed by atoms with Crippen LogP contribution in [0.3, 0.4) is 0 Å². The third-order valence-corrected chi connectivity index (χ3v) is 4.54. The lowest BCUT2D eigenvalue weighted by Crippen LogP contribution is -2.48. The number of halogens is 2. The number of anilines is 1. The first-order valence-corrected chi connectivity index (χ1v) is 7.92. The average Bonchev–Trinajstić information content (AvgIpc) is 2.46. The molecule has 2 N–H and O–H groups in total. The fraction of sp³-hybridized carbons (Fsp3) is 0.625. The van der Waals surface area contributed by atoms with Crippen LogP contribution < -0.4 is 15.5 Å². The summed E-state index contributed by atoms with van der Waals surface area (Å²) >= 11 is 0. The molecule has 2 aliphatic heterocycles. The summed E-state index contributed by atoms with van der Waals surface area (Å²) in [7, 11) is 0. The van der Waals surface area contributed by atoms with Crippen LogP contribution >= 0.6 is 24.8 Å². The molecule has 0 aliphatic carbocycles. The van der Waals surface area contributed by atoms with E-state index in [0.29, 0.717) is 11.5 Å². The topological polar surface area (TPSA) is 57.3 Å². The number of nitrogens with zero attached hydrogens (tertiary/aromatic N) is 2. The Morgan fingerprint density at radius 2 is 2.00 bits per heavy atom. The highest BCUT2D eigenvalue weighted by molar-refractivity contribution is 5.94. The van der Waals surface area contributed by atoms with Gasteiger partial charge in [-0.25, -0.2) is 4.98 Å². The lowest BCUT2D eigenvalue weighted by Gasteiger charge is -2.31. The monoisotopic (exact) mass is 360 g/mol. The molecule has 23 heavy (non-hydrogen) atoms. The number of carbonyl (C=O) groups is 1. The SMILES string of the molecule is CC1CCN(c2ccc(C(=O)NCC3CNC3)cn2)CC1.Cl.Cl. The van der Waals surface area contributed by atoms with Crippen molar-refractivity contribution in [2.75, 3.05) is 37.6 Å². The van der Waals surface area contributed by atoms with Gasteiger partial charge in [-0.2, -0.15) is 0 Å². The molecule has 2 fully saturated rings. The molecule has 1 amide bonds. The first-order chi connectivity index (χ1) is 10.2. The molecule has 0 aromatic carbocycles. The standard InChI is InChI=1S/C16H24N4O.2ClH/c1-12-4-6-20(7-5-12)15-3-2-14(11-18-15)16(21)19-10-13-8-17-9-13;;/h2-3,11-13,17H,4-10H2,1H3,(H,19,21);2*1H. The van der Waals surface area contributed by atoms with Crippen LogP contribution in [0.1, 0.15) is 30.1 Å².